The van der Waals surface area contributed by atoms with Gasteiger partial charge in [0, 0.05) is 25.2 Å². The molecule has 0 radical (unpaired) electrons. The molecule has 0 spiro atoms. The van der Waals surface area contributed by atoms with Gasteiger partial charge in [-0.15, -0.1) is 0 Å². The van der Waals surface area contributed by atoms with Crippen LogP contribution in [0.25, 0.3) is 0 Å². The normalized spacial score (nSPS) is 30.7. The zero-order chi connectivity index (χ0) is 10.0. The second-order valence-electron chi connectivity index (χ2n) is 4.46. The van der Waals surface area contributed by atoms with Gasteiger partial charge in [-0.1, -0.05) is 0 Å². The van der Waals surface area contributed by atoms with Gasteiger partial charge < -0.3 is 4.90 Å². The van der Waals surface area contributed by atoms with Crippen molar-refractivity contribution in [3.63, 3.8) is 0 Å². The SMILES string of the molecule is CC(C)N(C)CC1C[C@H](F)CN1C. The molecular weight excluding hydrogens is 167 g/mol. The second kappa shape index (κ2) is 4.38. The Bertz CT molecular complexity index is 161. The van der Waals surface area contributed by atoms with Crippen LogP contribution in [0.4, 0.5) is 4.39 Å². The Balaban J connectivity index is 2.36. The van der Waals surface area contributed by atoms with Crippen molar-refractivity contribution in [3.05, 3.63) is 0 Å². The number of hydrogen-bond acceptors (Lipinski definition) is 2. The molecule has 1 fully saturated rings. The molecule has 0 N–H and O–H groups in total. The molecule has 2 atom stereocenters. The van der Waals surface area contributed by atoms with Crippen molar-refractivity contribution in [2.45, 2.75) is 38.5 Å². The Morgan fingerprint density at radius 1 is 1.54 bits per heavy atom. The molecule has 0 bridgehead atoms. The third-order valence-electron chi connectivity index (χ3n) is 3.02. The molecule has 0 aromatic carbocycles. The molecule has 2 nitrogen and oxygen atoms in total. The van der Waals surface area contributed by atoms with Gasteiger partial charge in [0.05, 0.1) is 0 Å². The second-order valence-corrected chi connectivity index (χ2v) is 4.46. The molecule has 3 heteroatoms. The van der Waals surface area contributed by atoms with Crippen molar-refractivity contribution < 1.29 is 4.39 Å². The molecule has 78 valence electrons. The van der Waals surface area contributed by atoms with Gasteiger partial charge in [0.15, 0.2) is 0 Å². The van der Waals surface area contributed by atoms with E-state index >= 15 is 0 Å². The molecule has 0 aromatic heterocycles. The fraction of sp³-hybridized carbons (Fsp3) is 1.00. The largest absolute Gasteiger partial charge is 0.302 e. The Morgan fingerprint density at radius 2 is 2.15 bits per heavy atom. The number of hydrogen-bond donors (Lipinski definition) is 0. The lowest BCUT2D eigenvalue weighted by molar-refractivity contribution is 0.192. The Kier molecular flexibility index (Phi) is 3.68. The number of alkyl halides is 1. The minimum absolute atomic E-state index is 0.405. The van der Waals surface area contributed by atoms with E-state index in [1.54, 1.807) is 0 Å². The predicted octanol–water partition coefficient (Wildman–Crippen LogP) is 1.37. The third kappa shape index (κ3) is 2.92. The first kappa shape index (κ1) is 10.9. The van der Waals surface area contributed by atoms with Crippen LogP contribution in [0.5, 0.6) is 0 Å². The first-order valence-corrected chi connectivity index (χ1v) is 5.05. The molecule has 1 heterocycles. The summed E-state index contributed by atoms with van der Waals surface area (Å²) in [6, 6.07) is 0.953. The predicted molar refractivity (Wildman–Crippen MR) is 53.7 cm³/mol. The van der Waals surface area contributed by atoms with Crippen LogP contribution in [-0.4, -0.2) is 55.2 Å². The van der Waals surface area contributed by atoms with E-state index in [-0.39, 0.29) is 0 Å². The van der Waals surface area contributed by atoms with Gasteiger partial charge >= 0.3 is 0 Å². The zero-order valence-corrected chi connectivity index (χ0v) is 9.13. The van der Waals surface area contributed by atoms with E-state index < -0.39 is 6.17 Å². The summed E-state index contributed by atoms with van der Waals surface area (Å²) < 4.78 is 13.0. The number of likely N-dealkylation sites (tertiary alicyclic amines) is 1. The molecule has 0 aromatic rings. The van der Waals surface area contributed by atoms with Crippen LogP contribution in [-0.2, 0) is 0 Å². The Hall–Kier alpha value is -0.150. The van der Waals surface area contributed by atoms with Gasteiger partial charge in [0.1, 0.15) is 6.17 Å². The van der Waals surface area contributed by atoms with Crippen molar-refractivity contribution in [2.75, 3.05) is 27.2 Å². The maximum atomic E-state index is 13.0. The molecule has 0 saturated carbocycles. The van der Waals surface area contributed by atoms with Gasteiger partial charge in [-0.3, -0.25) is 4.90 Å². The first-order valence-electron chi connectivity index (χ1n) is 5.05. The minimum atomic E-state index is -0.615. The van der Waals surface area contributed by atoms with E-state index in [1.165, 1.54) is 0 Å². The molecule has 13 heavy (non-hydrogen) atoms. The molecule has 1 aliphatic heterocycles. The lowest BCUT2D eigenvalue weighted by Gasteiger charge is -2.27. The van der Waals surface area contributed by atoms with Crippen LogP contribution >= 0.6 is 0 Å². The van der Waals surface area contributed by atoms with Gasteiger partial charge in [0.25, 0.3) is 0 Å². The fourth-order valence-corrected chi connectivity index (χ4v) is 1.77. The van der Waals surface area contributed by atoms with E-state index in [4.69, 9.17) is 0 Å². The summed E-state index contributed by atoms with van der Waals surface area (Å²) in [5.74, 6) is 0. The molecule has 1 aliphatic rings. The lowest BCUT2D eigenvalue weighted by atomic mass is 10.2. The van der Waals surface area contributed by atoms with E-state index in [1.807, 2.05) is 7.05 Å². The highest BCUT2D eigenvalue weighted by Gasteiger charge is 2.30. The van der Waals surface area contributed by atoms with Crippen LogP contribution in [0, 0.1) is 0 Å². The van der Waals surface area contributed by atoms with Crippen LogP contribution in [0.1, 0.15) is 20.3 Å². The third-order valence-corrected chi connectivity index (χ3v) is 3.02. The first-order chi connectivity index (χ1) is 6.00. The minimum Gasteiger partial charge on any atom is -0.302 e. The topological polar surface area (TPSA) is 6.48 Å². The number of likely N-dealkylation sites (N-methyl/N-ethyl adjacent to an activating group) is 2. The van der Waals surface area contributed by atoms with E-state index in [0.717, 1.165) is 6.54 Å². The summed E-state index contributed by atoms with van der Waals surface area (Å²) in [6.07, 6.45) is 0.0867. The summed E-state index contributed by atoms with van der Waals surface area (Å²) in [5, 5.41) is 0. The summed E-state index contributed by atoms with van der Waals surface area (Å²) in [4.78, 5) is 4.41. The summed E-state index contributed by atoms with van der Waals surface area (Å²) in [5.41, 5.74) is 0. The Morgan fingerprint density at radius 3 is 2.54 bits per heavy atom. The van der Waals surface area contributed by atoms with Gasteiger partial charge in [-0.25, -0.2) is 4.39 Å². The van der Waals surface area contributed by atoms with Crippen molar-refractivity contribution in [1.29, 1.82) is 0 Å². The molecule has 0 aliphatic carbocycles. The average molecular weight is 188 g/mol. The summed E-state index contributed by atoms with van der Waals surface area (Å²) in [7, 11) is 4.11. The quantitative estimate of drug-likeness (QED) is 0.660. The van der Waals surface area contributed by atoms with Crippen LogP contribution in [0.3, 0.4) is 0 Å². The number of nitrogens with zero attached hydrogens (tertiary/aromatic N) is 2. The Labute approximate surface area is 80.7 Å². The van der Waals surface area contributed by atoms with E-state index in [2.05, 4.69) is 30.7 Å². The molecule has 1 saturated heterocycles. The monoisotopic (exact) mass is 188 g/mol. The number of halogens is 1. The smallest absolute Gasteiger partial charge is 0.114 e. The molecule has 1 unspecified atom stereocenters. The van der Waals surface area contributed by atoms with Crippen LogP contribution in [0.15, 0.2) is 0 Å². The molecule has 0 amide bonds. The fourth-order valence-electron chi connectivity index (χ4n) is 1.77. The summed E-state index contributed by atoms with van der Waals surface area (Å²) in [6.45, 7) is 5.93. The maximum absolute atomic E-state index is 13.0. The van der Waals surface area contributed by atoms with Gasteiger partial charge in [0.2, 0.25) is 0 Å². The van der Waals surface area contributed by atoms with Crippen molar-refractivity contribution in [1.82, 2.24) is 9.80 Å². The van der Waals surface area contributed by atoms with Gasteiger partial charge in [-0.05, 0) is 34.4 Å². The highest BCUT2D eigenvalue weighted by atomic mass is 19.1. The molecular formula is C10H21FN2. The highest BCUT2D eigenvalue weighted by molar-refractivity contribution is 4.85. The lowest BCUT2D eigenvalue weighted by Crippen LogP contribution is -2.39. The average Bonchev–Trinajstić information content (AvgIpc) is 2.30. The summed E-state index contributed by atoms with van der Waals surface area (Å²) >= 11 is 0. The van der Waals surface area contributed by atoms with Crippen molar-refractivity contribution in [2.24, 2.45) is 0 Å². The van der Waals surface area contributed by atoms with Gasteiger partial charge in [-0.2, -0.15) is 0 Å². The van der Waals surface area contributed by atoms with E-state index in [0.29, 0.717) is 25.0 Å². The standard InChI is InChI=1S/C10H21FN2/c1-8(2)12(3)7-10-5-9(11)6-13(10)4/h8-10H,5-7H2,1-4H3/t9-,10?/m0/s1. The van der Waals surface area contributed by atoms with Crippen molar-refractivity contribution >= 4 is 0 Å². The molecule has 1 rings (SSSR count). The van der Waals surface area contributed by atoms with Crippen LogP contribution in [0.2, 0.25) is 0 Å². The van der Waals surface area contributed by atoms with E-state index in [9.17, 15) is 4.39 Å². The van der Waals surface area contributed by atoms with Crippen LogP contribution < -0.4 is 0 Å². The van der Waals surface area contributed by atoms with Crippen molar-refractivity contribution in [3.8, 4) is 0 Å². The maximum Gasteiger partial charge on any atom is 0.114 e. The highest BCUT2D eigenvalue weighted by Crippen LogP contribution is 2.19. The zero-order valence-electron chi connectivity index (χ0n) is 9.13. The number of rotatable bonds is 3.